The fourth-order valence-corrected chi connectivity index (χ4v) is 14.6. The Morgan fingerprint density at radius 1 is 0.235 bits per heavy atom. The maximum Gasteiger partial charge on any atom is 2.00 e. The Bertz CT molecular complexity index is 2060. The van der Waals surface area contributed by atoms with E-state index < -0.39 is 0 Å². The number of nitrogens with zero attached hydrogens (tertiary/aromatic N) is 2. The van der Waals surface area contributed by atoms with E-state index in [1.54, 1.807) is 0 Å². The summed E-state index contributed by atoms with van der Waals surface area (Å²) in [6.07, 6.45) is 112. The molecule has 0 aliphatic carbocycles. The van der Waals surface area contributed by atoms with Crippen LogP contribution in [-0.2, 0) is 29.3 Å². The summed E-state index contributed by atoms with van der Waals surface area (Å²) in [6.45, 7) is 9.28. The van der Waals surface area contributed by atoms with Crippen LogP contribution < -0.4 is 0 Å². The second-order valence-electron chi connectivity index (χ2n) is 30.7. The van der Waals surface area contributed by atoms with E-state index in [1.807, 2.05) is 0 Å². The molecule has 0 heterocycles. The maximum absolute atomic E-state index is 5.74. The van der Waals surface area contributed by atoms with Crippen LogP contribution in [0.1, 0.15) is 482 Å². The van der Waals surface area contributed by atoms with Crippen LogP contribution in [0.15, 0.2) is 95.0 Å². The number of aryl methyl sites for hydroxylation is 2. The third-order valence-electron chi connectivity index (χ3n) is 21.2. The quantitative estimate of drug-likeness (QED) is 0.0273. The Morgan fingerprint density at radius 3 is 0.724 bits per heavy atom. The Balaban J connectivity index is 0.0000480. The predicted octanol–water partition coefficient (Wildman–Crippen LogP) is 34.3. The molecule has 0 aromatic heterocycles. The Kier molecular flexibility index (Phi) is 75.0. The summed E-state index contributed by atoms with van der Waals surface area (Å²) in [6, 6.07) is 18.2. The Labute approximate surface area is 625 Å². The SMILES string of the molecule is CCCCCCCCCCCCCCCC/C=C/C(=Nc1ccccc1CC/C=C/CCCCCCCCCCCCCCCCCCC)C(CCCCCCCCCCCCCCCCC)=Nc1ccccc1CC/C=C/CCCCCCCCCCCCCCCCCCC.[Ni+2]. The van der Waals surface area contributed by atoms with Gasteiger partial charge in [-0.3, -0.25) is 4.99 Å². The molecule has 0 fully saturated rings. The average molecular weight is 1400 g/mol. The van der Waals surface area contributed by atoms with Gasteiger partial charge in [0.05, 0.1) is 22.8 Å². The number of aliphatic imine (C=N–C) groups is 2. The van der Waals surface area contributed by atoms with Crippen LogP contribution in [0, 0.1) is 0 Å². The largest absolute Gasteiger partial charge is 2.00 e. The molecule has 566 valence electrons. The molecular weight excluding hydrogens is 1230 g/mol. The minimum absolute atomic E-state index is 0. The molecule has 0 bridgehead atoms. The van der Waals surface area contributed by atoms with Crippen LogP contribution in [0.5, 0.6) is 0 Å². The molecule has 2 nitrogen and oxygen atoms in total. The summed E-state index contributed by atoms with van der Waals surface area (Å²) in [4.78, 5) is 11.5. The van der Waals surface area contributed by atoms with Crippen molar-refractivity contribution in [3.05, 3.63) is 96.1 Å². The zero-order chi connectivity index (χ0) is 69.0. The van der Waals surface area contributed by atoms with Crippen molar-refractivity contribution in [2.75, 3.05) is 0 Å². The first-order valence-electron chi connectivity index (χ1n) is 44.5. The van der Waals surface area contributed by atoms with Gasteiger partial charge in [-0.1, -0.05) is 473 Å². The molecule has 0 saturated heterocycles. The van der Waals surface area contributed by atoms with E-state index in [1.165, 1.54) is 434 Å². The van der Waals surface area contributed by atoms with Gasteiger partial charge < -0.3 is 0 Å². The van der Waals surface area contributed by atoms with Crippen LogP contribution in [0.25, 0.3) is 0 Å². The zero-order valence-corrected chi connectivity index (χ0v) is 67.5. The van der Waals surface area contributed by atoms with Gasteiger partial charge in [0, 0.05) is 0 Å². The van der Waals surface area contributed by atoms with Gasteiger partial charge in [-0.2, -0.15) is 0 Å². The van der Waals surface area contributed by atoms with E-state index in [4.69, 9.17) is 9.98 Å². The zero-order valence-electron chi connectivity index (χ0n) is 66.5. The molecule has 0 atom stereocenters. The van der Waals surface area contributed by atoms with Crippen LogP contribution in [0.2, 0.25) is 0 Å². The maximum atomic E-state index is 5.74. The number of para-hydroxylation sites is 2. The molecule has 0 unspecified atom stereocenters. The van der Waals surface area contributed by atoms with E-state index in [9.17, 15) is 0 Å². The van der Waals surface area contributed by atoms with Crippen LogP contribution >= 0.6 is 0 Å². The first-order valence-corrected chi connectivity index (χ1v) is 44.5. The second-order valence-corrected chi connectivity index (χ2v) is 30.7. The van der Waals surface area contributed by atoms with Gasteiger partial charge in [-0.15, -0.1) is 0 Å². The van der Waals surface area contributed by atoms with E-state index in [0.717, 1.165) is 55.6 Å². The van der Waals surface area contributed by atoms with Crippen molar-refractivity contribution in [1.82, 2.24) is 0 Å². The number of unbranched alkanes of at least 4 members (excludes halogenated alkanes) is 62. The van der Waals surface area contributed by atoms with Crippen molar-refractivity contribution in [2.24, 2.45) is 9.98 Å². The van der Waals surface area contributed by atoms with E-state index in [0.29, 0.717) is 0 Å². The minimum Gasteiger partial charge on any atom is -0.251 e. The Morgan fingerprint density at radius 2 is 0.449 bits per heavy atom. The van der Waals surface area contributed by atoms with Crippen LogP contribution in [-0.4, -0.2) is 11.4 Å². The first kappa shape index (κ1) is 93.5. The third-order valence-corrected chi connectivity index (χ3v) is 21.2. The standard InChI is InChI=1S/C95H168N2.Ni/c1-5-9-13-17-21-25-29-33-37-40-42-44-46-48-51-54-58-62-66-70-74-82-90-84-78-80-86-92(90)96-94(88-76-72-68-64-60-56-50-36-32-28-24-20-16-12-8-4)95(89-77-73-69-65-61-57-53-39-35-31-27-23-19-15-11-7-3)97-93-87-81-79-85-91(93)83-75-71-67-63-59-55-52-49-47-45-43-41-38-34-30-26-22-18-14-10-6-2;/h66-67,70-71,77-81,84-87,89H,5-65,68-69,72-76,82-83,88H2,1-4H3;/q;+2/b70-66+,71-67+,89-77+,96-94?,97-95?;. The van der Waals surface area contributed by atoms with Gasteiger partial charge in [-0.25, -0.2) is 4.99 Å². The van der Waals surface area contributed by atoms with Crippen LogP contribution in [0.4, 0.5) is 11.4 Å². The van der Waals surface area contributed by atoms with Crippen molar-refractivity contribution in [3.63, 3.8) is 0 Å². The smallest absolute Gasteiger partial charge is 0.251 e. The van der Waals surface area contributed by atoms with Gasteiger partial charge >= 0.3 is 16.5 Å². The number of hydrogen-bond donors (Lipinski definition) is 0. The molecular formula is C95H168N2Ni+2. The molecule has 0 radical (unpaired) electrons. The van der Waals surface area contributed by atoms with Crippen molar-refractivity contribution in [2.45, 2.75) is 484 Å². The summed E-state index contributed by atoms with van der Waals surface area (Å²) < 4.78 is 0. The van der Waals surface area contributed by atoms with E-state index in [-0.39, 0.29) is 16.5 Å². The molecule has 2 rings (SSSR count). The molecule has 0 aliphatic rings. The first-order chi connectivity index (χ1) is 48.2. The molecule has 0 N–H and O–H groups in total. The van der Waals surface area contributed by atoms with Gasteiger partial charge in [0.1, 0.15) is 0 Å². The molecule has 3 heteroatoms. The molecule has 0 amide bonds. The summed E-state index contributed by atoms with van der Waals surface area (Å²) in [7, 11) is 0. The Hall–Kier alpha value is -2.51. The molecule has 2 aromatic carbocycles. The second kappa shape index (κ2) is 78.6. The van der Waals surface area contributed by atoms with Gasteiger partial charge in [0.2, 0.25) is 0 Å². The molecule has 2 aromatic rings. The topological polar surface area (TPSA) is 24.7 Å². The fraction of sp³-hybridized carbons (Fsp3) is 0.789. The fourth-order valence-electron chi connectivity index (χ4n) is 14.6. The van der Waals surface area contributed by atoms with E-state index in [2.05, 4.69) is 113 Å². The van der Waals surface area contributed by atoms with Crippen molar-refractivity contribution in [3.8, 4) is 0 Å². The van der Waals surface area contributed by atoms with Crippen molar-refractivity contribution < 1.29 is 16.5 Å². The van der Waals surface area contributed by atoms with Crippen LogP contribution in [0.3, 0.4) is 0 Å². The summed E-state index contributed by atoms with van der Waals surface area (Å²) in [5.74, 6) is 0. The number of rotatable bonds is 77. The number of benzene rings is 2. The predicted molar refractivity (Wildman–Crippen MR) is 443 cm³/mol. The summed E-state index contributed by atoms with van der Waals surface area (Å²) in [5, 5.41) is 0. The summed E-state index contributed by atoms with van der Waals surface area (Å²) in [5.41, 5.74) is 7.26. The monoisotopic (exact) mass is 1400 g/mol. The molecule has 0 aliphatic heterocycles. The van der Waals surface area contributed by atoms with Crippen molar-refractivity contribution in [1.29, 1.82) is 0 Å². The number of hydrogen-bond acceptors (Lipinski definition) is 2. The van der Waals surface area contributed by atoms with Crippen molar-refractivity contribution >= 4 is 22.8 Å². The van der Waals surface area contributed by atoms with E-state index >= 15 is 0 Å². The van der Waals surface area contributed by atoms with Gasteiger partial charge in [-0.05, 0) is 106 Å². The third kappa shape index (κ3) is 63.2. The average Bonchev–Trinajstić information content (AvgIpc) is 0.890. The van der Waals surface area contributed by atoms with Gasteiger partial charge in [0.25, 0.3) is 0 Å². The normalized spacial score (nSPS) is 12.2. The number of allylic oxidation sites excluding steroid dienone is 6. The minimum atomic E-state index is 0. The van der Waals surface area contributed by atoms with Gasteiger partial charge in [0.15, 0.2) is 0 Å². The molecule has 0 saturated carbocycles. The molecule has 98 heavy (non-hydrogen) atoms. The summed E-state index contributed by atoms with van der Waals surface area (Å²) >= 11 is 0. The molecule has 0 spiro atoms.